The maximum atomic E-state index is 11.7. The number of thioether (sulfide) groups is 1. The lowest BCUT2D eigenvalue weighted by Crippen LogP contribution is -2.36. The van der Waals surface area contributed by atoms with Gasteiger partial charge in [-0.3, -0.25) is 18.7 Å². The van der Waals surface area contributed by atoms with Crippen molar-refractivity contribution < 1.29 is 4.79 Å². The van der Waals surface area contributed by atoms with E-state index >= 15 is 0 Å². The molecule has 9 heteroatoms. The molecule has 0 bridgehead atoms. The van der Waals surface area contributed by atoms with Crippen LogP contribution < -0.4 is 11.2 Å². The Balaban J connectivity index is 0.000000270. The third-order valence-electron chi connectivity index (χ3n) is 3.73. The van der Waals surface area contributed by atoms with Crippen molar-refractivity contribution >= 4 is 28.2 Å². The lowest BCUT2D eigenvalue weighted by atomic mass is 10.1. The number of H-pyrrole nitrogens is 1. The number of aryl methyl sites for hydroxylation is 1. The summed E-state index contributed by atoms with van der Waals surface area (Å²) in [6, 6.07) is 0. The van der Waals surface area contributed by atoms with Crippen LogP contribution in [-0.2, 0) is 14.1 Å². The number of aromatic nitrogens is 4. The highest BCUT2D eigenvalue weighted by molar-refractivity contribution is 8.13. The van der Waals surface area contributed by atoms with E-state index < -0.39 is 0 Å². The van der Waals surface area contributed by atoms with Gasteiger partial charge in [-0.15, -0.1) is 0 Å². The van der Waals surface area contributed by atoms with Crippen molar-refractivity contribution in [2.24, 2.45) is 25.9 Å². The van der Waals surface area contributed by atoms with E-state index in [0.29, 0.717) is 23.0 Å². The zero-order valence-electron chi connectivity index (χ0n) is 17.3. The topological polar surface area (TPSA) is 93.0 Å². The molecule has 0 aliphatic carbocycles. The molecule has 0 aromatic carbocycles. The summed E-state index contributed by atoms with van der Waals surface area (Å²) in [6.07, 6.45) is 1.39. The van der Waals surface area contributed by atoms with Crippen molar-refractivity contribution in [2.45, 2.75) is 34.6 Å². The Kier molecular flexibility index (Phi) is 8.81. The minimum absolute atomic E-state index is 0.231. The molecule has 2 aromatic rings. The van der Waals surface area contributed by atoms with Crippen LogP contribution in [0.5, 0.6) is 0 Å². The van der Waals surface area contributed by atoms with Crippen molar-refractivity contribution in [3.8, 4) is 0 Å². The molecule has 0 saturated carbocycles. The van der Waals surface area contributed by atoms with Crippen molar-refractivity contribution in [1.29, 1.82) is 0 Å². The van der Waals surface area contributed by atoms with E-state index in [9.17, 15) is 14.4 Å². The molecule has 152 valence electrons. The molecule has 0 unspecified atom stereocenters. The van der Waals surface area contributed by atoms with Gasteiger partial charge in [-0.05, 0) is 17.6 Å². The molecule has 2 heterocycles. The second-order valence-electron chi connectivity index (χ2n) is 7.20. The zero-order valence-corrected chi connectivity index (χ0v) is 18.1. The van der Waals surface area contributed by atoms with Crippen LogP contribution >= 0.6 is 11.8 Å². The monoisotopic (exact) mass is 397 g/mol. The Hall–Kier alpha value is -2.03. The Morgan fingerprint density at radius 3 is 2.19 bits per heavy atom. The number of imidazole rings is 1. The van der Waals surface area contributed by atoms with Crippen LogP contribution in [0.15, 0.2) is 15.9 Å². The van der Waals surface area contributed by atoms with Crippen molar-refractivity contribution in [1.82, 2.24) is 24.0 Å². The fourth-order valence-corrected chi connectivity index (χ4v) is 3.17. The van der Waals surface area contributed by atoms with Gasteiger partial charge in [0, 0.05) is 27.2 Å². The number of aromatic amines is 1. The minimum atomic E-state index is -0.371. The van der Waals surface area contributed by atoms with Gasteiger partial charge in [0.05, 0.1) is 6.33 Å². The van der Waals surface area contributed by atoms with Gasteiger partial charge in [0.2, 0.25) is 0 Å². The summed E-state index contributed by atoms with van der Waals surface area (Å²) in [7, 11) is 3.01. The largest absolute Gasteiger partial charge is 0.339 e. The van der Waals surface area contributed by atoms with Crippen molar-refractivity contribution in [3.05, 3.63) is 27.2 Å². The number of hydrogen-bond acceptors (Lipinski definition) is 5. The molecular weight excluding hydrogens is 366 g/mol. The molecule has 8 nitrogen and oxygen atoms in total. The van der Waals surface area contributed by atoms with Crippen LogP contribution in [0, 0.1) is 11.8 Å². The molecule has 0 aliphatic rings. The van der Waals surface area contributed by atoms with Gasteiger partial charge in [0.15, 0.2) is 5.65 Å². The first kappa shape index (κ1) is 23.0. The summed E-state index contributed by atoms with van der Waals surface area (Å²) in [4.78, 5) is 43.1. The lowest BCUT2D eigenvalue weighted by molar-refractivity contribution is 0.208. The molecule has 1 N–H and O–H groups in total. The molecule has 0 radical (unpaired) electrons. The van der Waals surface area contributed by atoms with E-state index in [1.807, 2.05) is 11.8 Å². The van der Waals surface area contributed by atoms with Crippen LogP contribution in [-0.4, -0.2) is 48.1 Å². The Bertz CT molecular complexity index is 856. The quantitative estimate of drug-likeness (QED) is 0.836. The van der Waals surface area contributed by atoms with Crippen LogP contribution in [0.4, 0.5) is 4.79 Å². The molecule has 0 spiro atoms. The van der Waals surface area contributed by atoms with Crippen LogP contribution in [0.25, 0.3) is 11.2 Å². The van der Waals surface area contributed by atoms with Gasteiger partial charge in [-0.25, -0.2) is 9.78 Å². The van der Waals surface area contributed by atoms with Gasteiger partial charge in [-0.1, -0.05) is 46.4 Å². The van der Waals surface area contributed by atoms with Gasteiger partial charge < -0.3 is 9.88 Å². The maximum absolute atomic E-state index is 11.7. The molecule has 0 saturated heterocycles. The number of rotatable bonds is 5. The average Bonchev–Trinajstić information content (AvgIpc) is 3.07. The minimum Gasteiger partial charge on any atom is -0.339 e. The molecule has 0 fully saturated rings. The fourth-order valence-electron chi connectivity index (χ4n) is 2.59. The fraction of sp³-hybridized carbons (Fsp3) is 0.667. The number of carbonyl (C=O) groups excluding carboxylic acids is 1. The molecule has 2 rings (SSSR count). The lowest BCUT2D eigenvalue weighted by Gasteiger charge is -2.25. The van der Waals surface area contributed by atoms with Crippen LogP contribution in [0.3, 0.4) is 0 Å². The van der Waals surface area contributed by atoms with Gasteiger partial charge >= 0.3 is 5.69 Å². The SMILES string of the molecule is CCSC(=O)N(CC(C)C)CC(C)C.Cn1c(=O)c2[nH]cnc2n(C)c1=O. The van der Waals surface area contributed by atoms with E-state index in [1.165, 1.54) is 29.7 Å². The van der Waals surface area contributed by atoms with Gasteiger partial charge in [-0.2, -0.15) is 0 Å². The molecule has 0 aliphatic heterocycles. The van der Waals surface area contributed by atoms with Crippen molar-refractivity contribution in [3.63, 3.8) is 0 Å². The maximum Gasteiger partial charge on any atom is 0.332 e. The third kappa shape index (κ3) is 6.27. The average molecular weight is 398 g/mol. The second kappa shape index (κ2) is 10.3. The Labute approximate surface area is 164 Å². The number of carbonyl (C=O) groups is 1. The summed E-state index contributed by atoms with van der Waals surface area (Å²) in [5.74, 6) is 1.97. The predicted octanol–water partition coefficient (Wildman–Crippen LogP) is 2.43. The first-order chi connectivity index (χ1) is 12.6. The predicted molar refractivity (Wildman–Crippen MR) is 111 cm³/mol. The van der Waals surface area contributed by atoms with E-state index in [1.54, 1.807) is 7.05 Å². The number of hydrogen-bond donors (Lipinski definition) is 1. The van der Waals surface area contributed by atoms with Crippen LogP contribution in [0.2, 0.25) is 0 Å². The molecule has 1 amide bonds. The van der Waals surface area contributed by atoms with Gasteiger partial charge in [0.1, 0.15) is 5.52 Å². The van der Waals surface area contributed by atoms with Crippen molar-refractivity contribution in [2.75, 3.05) is 18.8 Å². The van der Waals surface area contributed by atoms with E-state index in [2.05, 4.69) is 37.7 Å². The van der Waals surface area contributed by atoms with Crippen LogP contribution in [0.1, 0.15) is 34.6 Å². The Morgan fingerprint density at radius 1 is 1.15 bits per heavy atom. The summed E-state index contributed by atoms with van der Waals surface area (Å²) in [5, 5.41) is 0.231. The first-order valence-electron chi connectivity index (χ1n) is 9.10. The molecule has 0 atom stereocenters. The number of amides is 1. The van der Waals surface area contributed by atoms with Gasteiger partial charge in [0.25, 0.3) is 10.8 Å². The summed E-state index contributed by atoms with van der Waals surface area (Å²) in [6.45, 7) is 12.4. The highest BCUT2D eigenvalue weighted by atomic mass is 32.2. The number of nitrogens with zero attached hydrogens (tertiary/aromatic N) is 4. The Morgan fingerprint density at radius 2 is 1.70 bits per heavy atom. The second-order valence-corrected chi connectivity index (χ2v) is 8.41. The smallest absolute Gasteiger partial charge is 0.332 e. The molecular formula is C18H31N5O3S. The van der Waals surface area contributed by atoms with E-state index in [0.717, 1.165) is 23.4 Å². The number of fused-ring (bicyclic) bond motifs is 1. The zero-order chi connectivity index (χ0) is 20.7. The first-order valence-corrected chi connectivity index (χ1v) is 10.1. The third-order valence-corrected chi connectivity index (χ3v) is 4.52. The highest BCUT2D eigenvalue weighted by Crippen LogP contribution is 2.12. The summed E-state index contributed by atoms with van der Waals surface area (Å²) >= 11 is 1.41. The normalized spacial score (nSPS) is 11.0. The molecule has 2 aromatic heterocycles. The highest BCUT2D eigenvalue weighted by Gasteiger charge is 2.15. The molecule has 27 heavy (non-hydrogen) atoms. The number of nitrogens with one attached hydrogen (secondary N) is 1. The van der Waals surface area contributed by atoms with E-state index in [4.69, 9.17) is 0 Å². The summed E-state index contributed by atoms with van der Waals surface area (Å²) in [5.41, 5.74) is 0.0119. The standard InChI is InChI=1S/C11H23NOS.C7H8N4O2/c1-6-14-11(13)12(7-9(2)3)8-10(4)5;1-10-5-4(8-3-9-5)6(12)11(2)7(10)13/h9-10H,6-8H2,1-5H3;3H,1-2H3,(H,8,9). The van der Waals surface area contributed by atoms with E-state index in [-0.39, 0.29) is 16.5 Å². The summed E-state index contributed by atoms with van der Waals surface area (Å²) < 4.78 is 2.37.